The van der Waals surface area contributed by atoms with Gasteiger partial charge in [0.2, 0.25) is 12.7 Å². The molecular weight excluding hydrogens is 310 g/mol. The van der Waals surface area contributed by atoms with Crippen molar-refractivity contribution in [2.24, 2.45) is 11.8 Å². The van der Waals surface area contributed by atoms with Gasteiger partial charge in [-0.2, -0.15) is 0 Å². The van der Waals surface area contributed by atoms with Crippen molar-refractivity contribution >= 4 is 17.7 Å². The number of rotatable bonds is 5. The van der Waals surface area contributed by atoms with E-state index >= 15 is 0 Å². The summed E-state index contributed by atoms with van der Waals surface area (Å²) in [5, 5.41) is 3.22. The van der Waals surface area contributed by atoms with E-state index in [0.29, 0.717) is 30.4 Å². The van der Waals surface area contributed by atoms with Crippen molar-refractivity contribution in [3.05, 3.63) is 23.8 Å². The molecule has 1 aromatic carbocycles. The first kappa shape index (κ1) is 16.5. The Hall–Kier alpha value is -1.36. The number of hydrogen-bond acceptors (Lipinski definition) is 4. The van der Waals surface area contributed by atoms with Crippen LogP contribution in [0.2, 0.25) is 0 Å². The van der Waals surface area contributed by atoms with E-state index in [0.717, 1.165) is 29.2 Å². The lowest BCUT2D eigenvalue weighted by atomic mass is 9.78. The van der Waals surface area contributed by atoms with E-state index in [1.54, 1.807) is 11.8 Å². The molecule has 0 unspecified atom stereocenters. The van der Waals surface area contributed by atoms with E-state index in [9.17, 15) is 4.79 Å². The van der Waals surface area contributed by atoms with Crippen molar-refractivity contribution in [1.82, 2.24) is 5.32 Å². The minimum atomic E-state index is 0.154. The van der Waals surface area contributed by atoms with E-state index in [2.05, 4.69) is 19.2 Å². The number of hydrogen-bond donors (Lipinski definition) is 1. The summed E-state index contributed by atoms with van der Waals surface area (Å²) in [5.41, 5.74) is 1.16. The number of amides is 1. The van der Waals surface area contributed by atoms with Gasteiger partial charge in [-0.25, -0.2) is 0 Å². The quantitative estimate of drug-likeness (QED) is 0.893. The second kappa shape index (κ2) is 7.47. The highest BCUT2D eigenvalue weighted by Crippen LogP contribution is 2.33. The Balaban J connectivity index is 1.42. The summed E-state index contributed by atoms with van der Waals surface area (Å²) in [4.78, 5) is 12.2. The zero-order valence-corrected chi connectivity index (χ0v) is 14.7. The summed E-state index contributed by atoms with van der Waals surface area (Å²) in [6, 6.07) is 6.31. The van der Waals surface area contributed by atoms with Crippen LogP contribution in [0.15, 0.2) is 18.2 Å². The third kappa shape index (κ3) is 4.14. The van der Waals surface area contributed by atoms with Gasteiger partial charge in [-0.3, -0.25) is 4.79 Å². The van der Waals surface area contributed by atoms with Gasteiger partial charge in [0.1, 0.15) is 0 Å². The van der Waals surface area contributed by atoms with E-state index in [-0.39, 0.29) is 5.91 Å². The highest BCUT2D eigenvalue weighted by molar-refractivity contribution is 7.99. The molecule has 126 valence electrons. The van der Waals surface area contributed by atoms with Crippen molar-refractivity contribution in [3.8, 4) is 11.5 Å². The van der Waals surface area contributed by atoms with Crippen molar-refractivity contribution in [1.29, 1.82) is 0 Å². The molecule has 5 heteroatoms. The van der Waals surface area contributed by atoms with Gasteiger partial charge in [-0.1, -0.05) is 32.8 Å². The number of carbonyl (C=O) groups excluding carboxylic acids is 1. The SMILES string of the molecule is C[C@@H]1[C@@H](C)CCC[C@H]1NC(=O)CSCc1ccc2c(c1)OCO2. The molecule has 1 N–H and O–H groups in total. The summed E-state index contributed by atoms with van der Waals surface area (Å²) in [6.07, 6.45) is 3.62. The molecule has 1 fully saturated rings. The van der Waals surface area contributed by atoms with Gasteiger partial charge in [0, 0.05) is 11.8 Å². The molecule has 1 saturated carbocycles. The lowest BCUT2D eigenvalue weighted by molar-refractivity contribution is -0.119. The maximum absolute atomic E-state index is 12.2. The predicted molar refractivity (Wildman–Crippen MR) is 92.8 cm³/mol. The van der Waals surface area contributed by atoms with Gasteiger partial charge in [0.05, 0.1) is 5.75 Å². The molecule has 23 heavy (non-hydrogen) atoms. The van der Waals surface area contributed by atoms with Crippen molar-refractivity contribution in [3.63, 3.8) is 0 Å². The van der Waals surface area contributed by atoms with Crippen LogP contribution in [0.5, 0.6) is 11.5 Å². The standard InChI is InChI=1S/C18H25NO3S/c1-12-4-3-5-15(13(12)2)19-18(20)10-23-9-14-6-7-16-17(8-14)22-11-21-16/h6-8,12-13,15H,3-5,9-11H2,1-2H3,(H,19,20)/t12-,13+,15+/m0/s1. The first-order chi connectivity index (χ1) is 11.1. The van der Waals surface area contributed by atoms with Gasteiger partial charge in [-0.05, 0) is 36.0 Å². The zero-order valence-electron chi connectivity index (χ0n) is 13.8. The minimum absolute atomic E-state index is 0.154. The number of benzene rings is 1. The highest BCUT2D eigenvalue weighted by atomic mass is 32.2. The Kier molecular flexibility index (Phi) is 5.36. The van der Waals surface area contributed by atoms with Crippen LogP contribution < -0.4 is 14.8 Å². The molecule has 1 aromatic rings. The maximum atomic E-state index is 12.2. The Bertz CT molecular complexity index is 563. The highest BCUT2D eigenvalue weighted by Gasteiger charge is 2.27. The molecule has 2 aliphatic rings. The Morgan fingerprint density at radius 1 is 1.26 bits per heavy atom. The van der Waals surface area contributed by atoms with Gasteiger partial charge in [0.15, 0.2) is 11.5 Å². The van der Waals surface area contributed by atoms with Crippen molar-refractivity contribution < 1.29 is 14.3 Å². The molecule has 4 nitrogen and oxygen atoms in total. The Labute approximate surface area is 142 Å². The molecule has 1 aliphatic carbocycles. The molecule has 0 radical (unpaired) electrons. The molecule has 1 heterocycles. The Morgan fingerprint density at radius 3 is 2.96 bits per heavy atom. The molecule has 0 bridgehead atoms. The topological polar surface area (TPSA) is 47.6 Å². The molecule has 0 spiro atoms. The second-order valence-corrected chi connectivity index (χ2v) is 7.61. The average molecular weight is 335 g/mol. The molecule has 0 saturated heterocycles. The predicted octanol–water partition coefficient (Wildman–Crippen LogP) is 3.59. The maximum Gasteiger partial charge on any atom is 0.231 e. The fourth-order valence-electron chi connectivity index (χ4n) is 3.33. The third-order valence-corrected chi connectivity index (χ3v) is 6.00. The molecular formula is C18H25NO3S. The lowest BCUT2D eigenvalue weighted by Crippen LogP contribution is -2.44. The summed E-state index contributed by atoms with van der Waals surface area (Å²) in [7, 11) is 0. The Morgan fingerprint density at radius 2 is 2.09 bits per heavy atom. The van der Waals surface area contributed by atoms with E-state index in [4.69, 9.17) is 9.47 Å². The number of fused-ring (bicyclic) bond motifs is 1. The second-order valence-electron chi connectivity index (χ2n) is 6.62. The fraction of sp³-hybridized carbons (Fsp3) is 0.611. The van der Waals surface area contributed by atoms with Gasteiger partial charge in [0.25, 0.3) is 0 Å². The largest absolute Gasteiger partial charge is 0.454 e. The zero-order chi connectivity index (χ0) is 16.2. The third-order valence-electron chi connectivity index (χ3n) is 4.99. The van der Waals surface area contributed by atoms with Crippen LogP contribution in [0.4, 0.5) is 0 Å². The van der Waals surface area contributed by atoms with Crippen LogP contribution in [0.3, 0.4) is 0 Å². The fourth-order valence-corrected chi connectivity index (χ4v) is 4.11. The number of nitrogens with one attached hydrogen (secondary N) is 1. The number of ether oxygens (including phenoxy) is 2. The lowest BCUT2D eigenvalue weighted by Gasteiger charge is -2.34. The molecule has 1 aliphatic heterocycles. The molecule has 1 amide bonds. The van der Waals surface area contributed by atoms with Gasteiger partial charge >= 0.3 is 0 Å². The first-order valence-electron chi connectivity index (χ1n) is 8.39. The van der Waals surface area contributed by atoms with Crippen molar-refractivity contribution in [2.75, 3.05) is 12.5 Å². The monoisotopic (exact) mass is 335 g/mol. The first-order valence-corrected chi connectivity index (χ1v) is 9.54. The van der Waals surface area contributed by atoms with Crippen LogP contribution in [-0.2, 0) is 10.5 Å². The summed E-state index contributed by atoms with van der Waals surface area (Å²) in [6.45, 7) is 4.85. The van der Waals surface area contributed by atoms with Crippen molar-refractivity contribution in [2.45, 2.75) is 44.9 Å². The smallest absolute Gasteiger partial charge is 0.231 e. The van der Waals surface area contributed by atoms with Crippen LogP contribution in [0.1, 0.15) is 38.7 Å². The van der Waals surface area contributed by atoms with E-state index in [1.807, 2.05) is 18.2 Å². The normalized spacial score (nSPS) is 26.1. The molecule has 3 rings (SSSR count). The van der Waals surface area contributed by atoms with Crippen LogP contribution in [0, 0.1) is 11.8 Å². The summed E-state index contributed by atoms with van der Waals surface area (Å²) < 4.78 is 10.7. The van der Waals surface area contributed by atoms with Gasteiger partial charge < -0.3 is 14.8 Å². The average Bonchev–Trinajstić information content (AvgIpc) is 2.99. The van der Waals surface area contributed by atoms with Crippen LogP contribution in [-0.4, -0.2) is 24.5 Å². The summed E-state index contributed by atoms with van der Waals surface area (Å²) in [5.74, 6) is 4.35. The number of thioether (sulfide) groups is 1. The minimum Gasteiger partial charge on any atom is -0.454 e. The summed E-state index contributed by atoms with van der Waals surface area (Å²) >= 11 is 1.64. The van der Waals surface area contributed by atoms with Crippen LogP contribution >= 0.6 is 11.8 Å². The van der Waals surface area contributed by atoms with E-state index in [1.165, 1.54) is 12.8 Å². The van der Waals surface area contributed by atoms with Gasteiger partial charge in [-0.15, -0.1) is 11.8 Å². The van der Waals surface area contributed by atoms with E-state index < -0.39 is 0 Å². The molecule has 3 atom stereocenters. The van der Waals surface area contributed by atoms with Crippen LogP contribution in [0.25, 0.3) is 0 Å². The molecule has 0 aromatic heterocycles. The number of carbonyl (C=O) groups is 1.